The standard InChI is InChI=1S/C20H23N3O4S/c1-12-8-21-20-23(18(12)24)10-15(11-28-20)19(25)22-5-4-13-6-16(26-2)17(27-3)7-14(13)9-22/h6-8,15H,4-5,9-11H2,1-3H3. The number of hydrogen-bond donors (Lipinski definition) is 0. The molecule has 7 nitrogen and oxygen atoms in total. The summed E-state index contributed by atoms with van der Waals surface area (Å²) in [5.74, 6) is 1.89. The molecule has 2 aromatic rings. The quantitative estimate of drug-likeness (QED) is 0.731. The van der Waals surface area contributed by atoms with Crippen LogP contribution in [0.1, 0.15) is 16.7 Å². The molecule has 1 aromatic heterocycles. The summed E-state index contributed by atoms with van der Waals surface area (Å²) in [7, 11) is 3.24. The monoisotopic (exact) mass is 401 g/mol. The Morgan fingerprint density at radius 2 is 1.93 bits per heavy atom. The van der Waals surface area contributed by atoms with E-state index in [0.29, 0.717) is 47.6 Å². The summed E-state index contributed by atoms with van der Waals surface area (Å²) >= 11 is 1.48. The van der Waals surface area contributed by atoms with Crippen molar-refractivity contribution in [1.29, 1.82) is 0 Å². The number of hydrogen-bond acceptors (Lipinski definition) is 6. The number of rotatable bonds is 3. The number of ether oxygens (including phenoxy) is 2. The number of methoxy groups -OCH3 is 2. The Labute approximate surface area is 167 Å². The smallest absolute Gasteiger partial charge is 0.257 e. The van der Waals surface area contributed by atoms with Crippen molar-refractivity contribution in [2.75, 3.05) is 26.5 Å². The Balaban J connectivity index is 1.54. The maximum absolute atomic E-state index is 13.2. The zero-order chi connectivity index (χ0) is 19.8. The number of benzene rings is 1. The average molecular weight is 401 g/mol. The molecule has 4 rings (SSSR count). The van der Waals surface area contributed by atoms with E-state index in [4.69, 9.17) is 9.47 Å². The third kappa shape index (κ3) is 3.26. The van der Waals surface area contributed by atoms with Gasteiger partial charge >= 0.3 is 0 Å². The maximum atomic E-state index is 13.2. The number of carbonyl (C=O) groups is 1. The van der Waals surface area contributed by atoms with Gasteiger partial charge in [-0.1, -0.05) is 11.8 Å². The highest BCUT2D eigenvalue weighted by molar-refractivity contribution is 7.99. The molecule has 0 radical (unpaired) electrons. The van der Waals surface area contributed by atoms with Gasteiger partial charge in [-0.15, -0.1) is 0 Å². The molecule has 148 valence electrons. The van der Waals surface area contributed by atoms with Crippen LogP contribution in [0.5, 0.6) is 11.5 Å². The van der Waals surface area contributed by atoms with Gasteiger partial charge in [0.05, 0.1) is 20.1 Å². The van der Waals surface area contributed by atoms with Gasteiger partial charge in [-0.25, -0.2) is 4.98 Å². The lowest BCUT2D eigenvalue weighted by molar-refractivity contribution is -0.136. The molecule has 1 unspecified atom stereocenters. The molecule has 8 heteroatoms. The van der Waals surface area contributed by atoms with Crippen molar-refractivity contribution in [2.45, 2.75) is 31.6 Å². The molecule has 0 spiro atoms. The zero-order valence-electron chi connectivity index (χ0n) is 16.2. The SMILES string of the molecule is COc1cc2c(cc1OC)CN(C(=O)C1CSc3ncc(C)c(=O)n3C1)CC2. The molecule has 3 heterocycles. The first-order valence-electron chi connectivity index (χ1n) is 9.23. The van der Waals surface area contributed by atoms with Crippen LogP contribution < -0.4 is 15.0 Å². The first-order chi connectivity index (χ1) is 13.5. The molecule has 1 aromatic carbocycles. The molecule has 2 aliphatic rings. The van der Waals surface area contributed by atoms with Crippen LogP contribution >= 0.6 is 11.8 Å². The predicted molar refractivity (Wildman–Crippen MR) is 106 cm³/mol. The van der Waals surface area contributed by atoms with Crippen LogP contribution in [0.15, 0.2) is 28.3 Å². The summed E-state index contributed by atoms with van der Waals surface area (Å²) in [4.78, 5) is 31.8. The van der Waals surface area contributed by atoms with Crippen LogP contribution in [0.2, 0.25) is 0 Å². The van der Waals surface area contributed by atoms with Crippen LogP contribution in [-0.2, 0) is 24.3 Å². The number of aryl methyl sites for hydroxylation is 1. The second kappa shape index (κ2) is 7.50. The van der Waals surface area contributed by atoms with Crippen molar-refractivity contribution in [2.24, 2.45) is 5.92 Å². The van der Waals surface area contributed by atoms with Crippen molar-refractivity contribution in [3.63, 3.8) is 0 Å². The van der Waals surface area contributed by atoms with Crippen molar-refractivity contribution in [3.05, 3.63) is 45.4 Å². The third-order valence-electron chi connectivity index (χ3n) is 5.38. The van der Waals surface area contributed by atoms with E-state index in [2.05, 4.69) is 4.98 Å². The van der Waals surface area contributed by atoms with E-state index >= 15 is 0 Å². The Morgan fingerprint density at radius 1 is 1.21 bits per heavy atom. The van der Waals surface area contributed by atoms with Crippen LogP contribution in [0.25, 0.3) is 0 Å². The van der Waals surface area contributed by atoms with Gasteiger partial charge < -0.3 is 14.4 Å². The lowest BCUT2D eigenvalue weighted by Crippen LogP contribution is -2.44. The zero-order valence-corrected chi connectivity index (χ0v) is 17.0. The first-order valence-corrected chi connectivity index (χ1v) is 10.2. The van der Waals surface area contributed by atoms with Crippen LogP contribution in [0, 0.1) is 12.8 Å². The minimum atomic E-state index is -0.222. The molecular formula is C20H23N3O4S. The topological polar surface area (TPSA) is 73.7 Å². The molecule has 2 aliphatic heterocycles. The summed E-state index contributed by atoms with van der Waals surface area (Å²) < 4.78 is 12.4. The number of nitrogens with zero attached hydrogens (tertiary/aromatic N) is 3. The van der Waals surface area contributed by atoms with Gasteiger partial charge in [-0.05, 0) is 36.6 Å². The predicted octanol–water partition coefficient (Wildman–Crippen LogP) is 1.88. The summed E-state index contributed by atoms with van der Waals surface area (Å²) in [6, 6.07) is 3.95. The molecule has 0 saturated carbocycles. The highest BCUT2D eigenvalue weighted by Crippen LogP contribution is 2.34. The van der Waals surface area contributed by atoms with Crippen molar-refractivity contribution >= 4 is 17.7 Å². The van der Waals surface area contributed by atoms with Gasteiger partial charge in [0.2, 0.25) is 5.91 Å². The fraction of sp³-hybridized carbons (Fsp3) is 0.450. The fourth-order valence-electron chi connectivity index (χ4n) is 3.78. The number of carbonyl (C=O) groups excluding carboxylic acids is 1. The summed E-state index contributed by atoms with van der Waals surface area (Å²) in [5, 5.41) is 0.695. The second-order valence-corrected chi connectivity index (χ2v) is 8.12. The van der Waals surface area contributed by atoms with Gasteiger partial charge in [0.1, 0.15) is 0 Å². The molecular weight excluding hydrogens is 378 g/mol. The molecule has 0 aliphatic carbocycles. The lowest BCUT2D eigenvalue weighted by Gasteiger charge is -2.34. The summed E-state index contributed by atoms with van der Waals surface area (Å²) in [5.41, 5.74) is 2.80. The number of aromatic nitrogens is 2. The van der Waals surface area contributed by atoms with Gasteiger partial charge in [-0.2, -0.15) is 0 Å². The van der Waals surface area contributed by atoms with Crippen LogP contribution in [0.3, 0.4) is 0 Å². The molecule has 1 amide bonds. The lowest BCUT2D eigenvalue weighted by atomic mass is 9.97. The molecule has 28 heavy (non-hydrogen) atoms. The number of fused-ring (bicyclic) bond motifs is 2. The Bertz CT molecular complexity index is 988. The van der Waals surface area contributed by atoms with Crippen LogP contribution in [-0.4, -0.2) is 46.9 Å². The second-order valence-electron chi connectivity index (χ2n) is 7.13. The van der Waals surface area contributed by atoms with E-state index in [1.54, 1.807) is 31.9 Å². The van der Waals surface area contributed by atoms with Crippen LogP contribution in [0.4, 0.5) is 0 Å². The highest BCUT2D eigenvalue weighted by Gasteiger charge is 2.32. The Kier molecular flexibility index (Phi) is 5.05. The minimum absolute atomic E-state index is 0.0594. The van der Waals surface area contributed by atoms with E-state index < -0.39 is 0 Å². The highest BCUT2D eigenvalue weighted by atomic mass is 32.2. The van der Waals surface area contributed by atoms with E-state index in [9.17, 15) is 9.59 Å². The molecule has 0 fully saturated rings. The fourth-order valence-corrected chi connectivity index (χ4v) is 4.82. The number of thioether (sulfide) groups is 1. The van der Waals surface area contributed by atoms with Gasteiger partial charge in [0.15, 0.2) is 16.7 Å². The number of amides is 1. The average Bonchev–Trinajstić information content (AvgIpc) is 2.74. The summed E-state index contributed by atoms with van der Waals surface area (Å²) in [6.45, 7) is 3.35. The van der Waals surface area contributed by atoms with Crippen molar-refractivity contribution in [3.8, 4) is 11.5 Å². The molecule has 0 bridgehead atoms. The van der Waals surface area contributed by atoms with Gasteiger partial charge in [0.25, 0.3) is 5.56 Å². The summed E-state index contributed by atoms with van der Waals surface area (Å²) in [6.07, 6.45) is 2.38. The maximum Gasteiger partial charge on any atom is 0.257 e. The Hall–Kier alpha value is -2.48. The molecule has 1 atom stereocenters. The van der Waals surface area contributed by atoms with Gasteiger partial charge in [-0.3, -0.25) is 14.2 Å². The van der Waals surface area contributed by atoms with E-state index in [1.807, 2.05) is 17.0 Å². The molecule has 0 N–H and O–H groups in total. The largest absolute Gasteiger partial charge is 0.493 e. The molecule has 0 saturated heterocycles. The first kappa shape index (κ1) is 18.9. The Morgan fingerprint density at radius 3 is 2.64 bits per heavy atom. The van der Waals surface area contributed by atoms with Gasteiger partial charge in [0, 0.05) is 37.1 Å². The van der Waals surface area contributed by atoms with E-state index in [1.165, 1.54) is 17.3 Å². The minimum Gasteiger partial charge on any atom is -0.493 e. The normalized spacial score (nSPS) is 18.2. The van der Waals surface area contributed by atoms with E-state index in [-0.39, 0.29) is 17.4 Å². The van der Waals surface area contributed by atoms with E-state index in [0.717, 1.165) is 12.0 Å². The van der Waals surface area contributed by atoms with Crippen molar-refractivity contribution < 1.29 is 14.3 Å². The third-order valence-corrected chi connectivity index (χ3v) is 6.53. The van der Waals surface area contributed by atoms with Crippen molar-refractivity contribution in [1.82, 2.24) is 14.5 Å².